The highest BCUT2D eigenvalue weighted by molar-refractivity contribution is 5.62. The number of rotatable bonds is 9. The number of anilines is 1. The molecule has 5 rings (SSSR count). The molecule has 0 saturated carbocycles. The van der Waals surface area contributed by atoms with Gasteiger partial charge in [-0.2, -0.15) is 5.10 Å². The summed E-state index contributed by atoms with van der Waals surface area (Å²) in [5.74, 6) is 0.906. The van der Waals surface area contributed by atoms with Gasteiger partial charge in [0.1, 0.15) is 5.75 Å². The summed E-state index contributed by atoms with van der Waals surface area (Å²) in [5.41, 5.74) is 5.68. The Bertz CT molecular complexity index is 1130. The van der Waals surface area contributed by atoms with Gasteiger partial charge in [0.15, 0.2) is 0 Å². The number of para-hydroxylation sites is 1. The van der Waals surface area contributed by atoms with E-state index in [4.69, 9.17) is 9.84 Å². The first-order chi connectivity index (χ1) is 17.3. The van der Waals surface area contributed by atoms with Gasteiger partial charge in [-0.1, -0.05) is 48.5 Å². The molecule has 4 aromatic rings. The Balaban J connectivity index is 1.13. The van der Waals surface area contributed by atoms with Crippen molar-refractivity contribution in [3.8, 4) is 22.7 Å². The Morgan fingerprint density at radius 2 is 1.49 bits per heavy atom. The molecule has 0 spiro atoms. The molecule has 1 fully saturated rings. The van der Waals surface area contributed by atoms with Crippen LogP contribution in [0.15, 0.2) is 91.0 Å². The zero-order valence-corrected chi connectivity index (χ0v) is 20.3. The fraction of sp³-hybridized carbons (Fsp3) is 0.276. The van der Waals surface area contributed by atoms with Gasteiger partial charge in [-0.3, -0.25) is 4.90 Å². The molecule has 35 heavy (non-hydrogen) atoms. The Labute approximate surface area is 207 Å². The monoisotopic (exact) mass is 467 g/mol. The number of methoxy groups -OCH3 is 1. The van der Waals surface area contributed by atoms with Gasteiger partial charge >= 0.3 is 0 Å². The highest BCUT2D eigenvalue weighted by Gasteiger charge is 2.17. The van der Waals surface area contributed by atoms with Crippen LogP contribution in [0.25, 0.3) is 16.9 Å². The third kappa shape index (κ3) is 5.73. The number of nitrogens with one attached hydrogen (secondary N) is 1. The summed E-state index contributed by atoms with van der Waals surface area (Å²) in [6, 6.07) is 31.4. The number of hydrogen-bond donors (Lipinski definition) is 1. The smallest absolute Gasteiger partial charge is 0.119 e. The van der Waals surface area contributed by atoms with Crippen molar-refractivity contribution in [2.45, 2.75) is 6.54 Å². The van der Waals surface area contributed by atoms with Gasteiger partial charge in [0, 0.05) is 57.1 Å². The Kier molecular flexibility index (Phi) is 7.41. The van der Waals surface area contributed by atoms with Crippen molar-refractivity contribution in [1.29, 1.82) is 0 Å². The minimum Gasteiger partial charge on any atom is -0.497 e. The molecule has 6 heteroatoms. The van der Waals surface area contributed by atoms with E-state index >= 15 is 0 Å². The Morgan fingerprint density at radius 3 is 2.17 bits per heavy atom. The minimum atomic E-state index is 0.755. The Morgan fingerprint density at radius 1 is 0.800 bits per heavy atom. The van der Waals surface area contributed by atoms with Crippen molar-refractivity contribution < 1.29 is 4.74 Å². The fourth-order valence-electron chi connectivity index (χ4n) is 4.57. The second-order valence-electron chi connectivity index (χ2n) is 8.84. The van der Waals surface area contributed by atoms with Crippen molar-refractivity contribution in [2.24, 2.45) is 0 Å². The van der Waals surface area contributed by atoms with Crippen molar-refractivity contribution >= 4 is 5.69 Å². The standard InChI is InChI=1S/C29H33N5O/c1-35-28-14-12-26(13-15-28)33-20-18-32(19-21-33)17-16-30-23-25-22-29(24-8-4-2-5-9-24)34(31-25)27-10-6-3-7-11-27/h2-15,22,30H,16-21,23H2,1H3. The van der Waals surface area contributed by atoms with Crippen molar-refractivity contribution in [3.63, 3.8) is 0 Å². The van der Waals surface area contributed by atoms with Crippen molar-refractivity contribution in [1.82, 2.24) is 20.0 Å². The SMILES string of the molecule is COc1ccc(N2CCN(CCNCc3cc(-c4ccccc4)n(-c4ccccc4)n3)CC2)cc1. The van der Waals surface area contributed by atoms with E-state index in [0.29, 0.717) is 0 Å². The summed E-state index contributed by atoms with van der Waals surface area (Å²) >= 11 is 0. The lowest BCUT2D eigenvalue weighted by molar-refractivity contribution is 0.257. The maximum Gasteiger partial charge on any atom is 0.119 e. The van der Waals surface area contributed by atoms with Gasteiger partial charge in [-0.15, -0.1) is 0 Å². The first kappa shape index (κ1) is 23.1. The van der Waals surface area contributed by atoms with Crippen LogP contribution in [0.5, 0.6) is 5.75 Å². The van der Waals surface area contributed by atoms with Crippen LogP contribution in [0.3, 0.4) is 0 Å². The topological polar surface area (TPSA) is 45.6 Å². The molecule has 0 atom stereocenters. The van der Waals surface area contributed by atoms with Crippen LogP contribution in [-0.2, 0) is 6.54 Å². The van der Waals surface area contributed by atoms with Crippen LogP contribution < -0.4 is 15.0 Å². The second-order valence-corrected chi connectivity index (χ2v) is 8.84. The predicted octanol–water partition coefficient (Wildman–Crippen LogP) is 4.46. The quantitative estimate of drug-likeness (QED) is 0.368. The number of aromatic nitrogens is 2. The van der Waals surface area contributed by atoms with Crippen LogP contribution in [0.2, 0.25) is 0 Å². The van der Waals surface area contributed by atoms with E-state index < -0.39 is 0 Å². The first-order valence-electron chi connectivity index (χ1n) is 12.3. The van der Waals surface area contributed by atoms with Gasteiger partial charge in [-0.05, 0) is 42.5 Å². The molecule has 1 saturated heterocycles. The van der Waals surface area contributed by atoms with Gasteiger partial charge in [0.2, 0.25) is 0 Å². The number of nitrogens with zero attached hydrogens (tertiary/aromatic N) is 4. The molecule has 0 aliphatic carbocycles. The summed E-state index contributed by atoms with van der Waals surface area (Å²) in [5, 5.41) is 8.52. The van der Waals surface area contributed by atoms with Crippen molar-refractivity contribution in [3.05, 3.63) is 96.7 Å². The molecule has 180 valence electrons. The number of hydrogen-bond acceptors (Lipinski definition) is 5. The van der Waals surface area contributed by atoms with Crippen LogP contribution >= 0.6 is 0 Å². The lowest BCUT2D eigenvalue weighted by Crippen LogP contribution is -2.48. The zero-order chi connectivity index (χ0) is 23.9. The van der Waals surface area contributed by atoms with Gasteiger partial charge < -0.3 is 15.0 Å². The van der Waals surface area contributed by atoms with E-state index in [1.54, 1.807) is 7.11 Å². The van der Waals surface area contributed by atoms with Gasteiger partial charge in [0.05, 0.1) is 24.2 Å². The summed E-state index contributed by atoms with van der Waals surface area (Å²) in [6.07, 6.45) is 0. The summed E-state index contributed by atoms with van der Waals surface area (Å²) in [7, 11) is 1.71. The largest absolute Gasteiger partial charge is 0.497 e. The third-order valence-corrected chi connectivity index (χ3v) is 6.55. The van der Waals surface area contributed by atoms with Crippen LogP contribution in [0, 0.1) is 0 Å². The molecule has 1 N–H and O–H groups in total. The van der Waals surface area contributed by atoms with E-state index in [9.17, 15) is 0 Å². The molecule has 1 aromatic heterocycles. The van der Waals surface area contributed by atoms with E-state index in [2.05, 4.69) is 81.8 Å². The molecule has 1 aliphatic rings. The summed E-state index contributed by atoms with van der Waals surface area (Å²) < 4.78 is 7.32. The molecule has 0 bridgehead atoms. The number of piperazine rings is 1. The molecule has 0 amide bonds. The normalized spacial score (nSPS) is 14.3. The lowest BCUT2D eigenvalue weighted by Gasteiger charge is -2.36. The maximum atomic E-state index is 5.27. The summed E-state index contributed by atoms with van der Waals surface area (Å²) in [6.45, 7) is 7.00. The van der Waals surface area contributed by atoms with Crippen molar-refractivity contribution in [2.75, 3.05) is 51.3 Å². The predicted molar refractivity (Wildman–Crippen MR) is 142 cm³/mol. The molecule has 1 aliphatic heterocycles. The van der Waals surface area contributed by atoms with E-state index in [1.165, 1.54) is 11.3 Å². The number of ether oxygens (including phenoxy) is 1. The highest BCUT2D eigenvalue weighted by Crippen LogP contribution is 2.24. The zero-order valence-electron chi connectivity index (χ0n) is 20.3. The Hall–Kier alpha value is -3.61. The summed E-state index contributed by atoms with van der Waals surface area (Å²) in [4.78, 5) is 4.98. The molecular weight excluding hydrogens is 434 g/mol. The maximum absolute atomic E-state index is 5.27. The molecule has 6 nitrogen and oxygen atoms in total. The third-order valence-electron chi connectivity index (χ3n) is 6.55. The molecule has 0 unspecified atom stereocenters. The van der Waals surface area contributed by atoms with Gasteiger partial charge in [-0.25, -0.2) is 4.68 Å². The lowest BCUT2D eigenvalue weighted by atomic mass is 10.1. The van der Waals surface area contributed by atoms with Crippen LogP contribution in [0.1, 0.15) is 5.69 Å². The average Bonchev–Trinajstić information content (AvgIpc) is 3.37. The van der Waals surface area contributed by atoms with E-state index in [0.717, 1.165) is 68.6 Å². The van der Waals surface area contributed by atoms with Crippen LogP contribution in [-0.4, -0.2) is 61.1 Å². The fourth-order valence-corrected chi connectivity index (χ4v) is 4.57. The average molecular weight is 468 g/mol. The minimum absolute atomic E-state index is 0.755. The van der Waals surface area contributed by atoms with Crippen LogP contribution in [0.4, 0.5) is 5.69 Å². The molecular formula is C29H33N5O. The first-order valence-corrected chi connectivity index (χ1v) is 12.3. The molecule has 2 heterocycles. The number of benzene rings is 3. The molecule has 0 radical (unpaired) electrons. The van der Waals surface area contributed by atoms with Gasteiger partial charge in [0.25, 0.3) is 0 Å². The second kappa shape index (κ2) is 11.2. The highest BCUT2D eigenvalue weighted by atomic mass is 16.5. The molecule has 3 aromatic carbocycles. The van der Waals surface area contributed by atoms with E-state index in [-0.39, 0.29) is 0 Å². The van der Waals surface area contributed by atoms with E-state index in [1.807, 2.05) is 28.9 Å².